The van der Waals surface area contributed by atoms with Gasteiger partial charge in [0.25, 0.3) is 0 Å². The van der Waals surface area contributed by atoms with Crippen LogP contribution in [0.1, 0.15) is 6.99 Å². The molecule has 0 radical (unpaired) electrons. The molecule has 1 aliphatic heterocycles. The van der Waals surface area contributed by atoms with Gasteiger partial charge in [-0.2, -0.15) is 0 Å². The van der Waals surface area contributed by atoms with Crippen LogP contribution in [-0.4, -0.2) is 18.1 Å². The molecule has 1 aromatic carbocycles. The lowest BCUT2D eigenvalue weighted by Crippen LogP contribution is -2.30. The predicted octanol–water partition coefficient (Wildman–Crippen LogP) is 1.11. The van der Waals surface area contributed by atoms with Crippen molar-refractivity contribution in [1.29, 1.82) is 0 Å². The Hall–Kier alpha value is -1.84. The van der Waals surface area contributed by atoms with Gasteiger partial charge >= 0.3 is 12.1 Å². The maximum Gasteiger partial charge on any atom is 0.415 e. The molecule has 4 nitrogen and oxygen atoms in total. The van der Waals surface area contributed by atoms with Gasteiger partial charge in [0.1, 0.15) is 6.04 Å². The first-order valence-corrected chi connectivity index (χ1v) is 4.32. The number of carbonyl (C=O) groups is 2. The van der Waals surface area contributed by atoms with E-state index in [9.17, 15) is 9.59 Å². The summed E-state index contributed by atoms with van der Waals surface area (Å²) in [6.45, 7) is 0. The third kappa shape index (κ3) is 1.74. The lowest BCUT2D eigenvalue weighted by Gasteiger charge is -2.04. The lowest BCUT2D eigenvalue weighted by atomic mass is 10.1. The quantitative estimate of drug-likeness (QED) is 0.565. The summed E-state index contributed by atoms with van der Waals surface area (Å²) in [4.78, 5) is 21.8. The zero-order chi connectivity index (χ0) is 9.97. The molecule has 0 saturated carbocycles. The molecule has 1 heterocycles. The molecule has 0 aromatic heterocycles. The summed E-state index contributed by atoms with van der Waals surface area (Å²) < 4.78 is 4.36. The van der Waals surface area contributed by atoms with Crippen molar-refractivity contribution in [2.45, 2.75) is 12.5 Å². The number of cyclic esters (lactones) is 2. The van der Waals surface area contributed by atoms with Gasteiger partial charge < -0.3 is 10.1 Å². The maximum absolute atomic E-state index is 11.1. The maximum atomic E-state index is 11.1. The molecule has 1 aliphatic rings. The number of hydrogen-bond acceptors (Lipinski definition) is 3. The third-order valence-electron chi connectivity index (χ3n) is 2.05. The molecule has 0 aliphatic carbocycles. The van der Waals surface area contributed by atoms with Crippen molar-refractivity contribution in [3.05, 3.63) is 35.9 Å². The fourth-order valence-electron chi connectivity index (χ4n) is 1.38. The molecule has 1 N–H and O–H groups in total. The Morgan fingerprint density at radius 2 is 2.00 bits per heavy atom. The van der Waals surface area contributed by atoms with Gasteiger partial charge in [-0.1, -0.05) is 30.3 Å². The highest BCUT2D eigenvalue weighted by Crippen LogP contribution is 2.08. The van der Waals surface area contributed by atoms with Gasteiger partial charge in [0.2, 0.25) is 0 Å². The molecule has 1 saturated heterocycles. The largest absolute Gasteiger partial charge is 0.415 e. The zero-order valence-electron chi connectivity index (χ0n) is 7.40. The number of amides is 1. The van der Waals surface area contributed by atoms with Crippen LogP contribution in [0.25, 0.3) is 0 Å². The molecular weight excluding hydrogens is 182 g/mol. The van der Waals surface area contributed by atoms with Crippen LogP contribution >= 0.6 is 0 Å². The van der Waals surface area contributed by atoms with E-state index in [0.717, 1.165) is 5.56 Å². The minimum Gasteiger partial charge on any atom is -0.375 e. The van der Waals surface area contributed by atoms with E-state index in [-0.39, 0.29) is 1.43 Å². The van der Waals surface area contributed by atoms with Crippen molar-refractivity contribution in [1.82, 2.24) is 5.32 Å². The first-order chi connectivity index (χ1) is 6.75. The van der Waals surface area contributed by atoms with Gasteiger partial charge in [-0.15, -0.1) is 0 Å². The number of nitrogens with one attached hydrogen (secondary N) is 1. The van der Waals surface area contributed by atoms with E-state index in [1.54, 1.807) is 0 Å². The van der Waals surface area contributed by atoms with E-state index in [4.69, 9.17) is 0 Å². The van der Waals surface area contributed by atoms with E-state index >= 15 is 0 Å². The Morgan fingerprint density at radius 1 is 1.29 bits per heavy atom. The molecule has 14 heavy (non-hydrogen) atoms. The van der Waals surface area contributed by atoms with Crippen molar-refractivity contribution >= 4 is 12.1 Å². The van der Waals surface area contributed by atoms with Crippen LogP contribution in [-0.2, 0) is 16.0 Å². The number of benzene rings is 1. The second-order valence-electron chi connectivity index (χ2n) is 3.10. The van der Waals surface area contributed by atoms with E-state index in [1.165, 1.54) is 0 Å². The Balaban J connectivity index is 0.00000112. The summed E-state index contributed by atoms with van der Waals surface area (Å²) >= 11 is 0. The molecule has 1 fully saturated rings. The predicted molar refractivity (Wildman–Crippen MR) is 50.7 cm³/mol. The van der Waals surface area contributed by atoms with Crippen LogP contribution < -0.4 is 5.32 Å². The average molecular weight is 193 g/mol. The summed E-state index contributed by atoms with van der Waals surface area (Å²) in [5, 5.41) is 2.44. The van der Waals surface area contributed by atoms with E-state index < -0.39 is 18.1 Å². The normalized spacial score (nSPS) is 20.4. The van der Waals surface area contributed by atoms with Gasteiger partial charge in [0.05, 0.1) is 0 Å². The molecule has 0 spiro atoms. The molecule has 1 amide bonds. The minimum atomic E-state index is -0.657. The molecule has 4 heteroatoms. The molecule has 74 valence electrons. The first kappa shape index (κ1) is 8.74. The van der Waals surface area contributed by atoms with Crippen LogP contribution in [0.4, 0.5) is 4.79 Å². The molecule has 0 bridgehead atoms. The Labute approximate surface area is 82.4 Å². The zero-order valence-corrected chi connectivity index (χ0v) is 7.40. The van der Waals surface area contributed by atoms with Gasteiger partial charge in [-0.25, -0.2) is 9.59 Å². The molecule has 1 aromatic rings. The molecule has 1 atom stereocenters. The van der Waals surface area contributed by atoms with Crippen LogP contribution in [0.2, 0.25) is 0 Å². The summed E-state index contributed by atoms with van der Waals surface area (Å²) in [5.74, 6) is -0.501. The highest BCUT2D eigenvalue weighted by Gasteiger charge is 2.32. The van der Waals surface area contributed by atoms with Gasteiger partial charge in [-0.3, -0.25) is 0 Å². The third-order valence-corrected chi connectivity index (χ3v) is 2.05. The lowest BCUT2D eigenvalue weighted by molar-refractivity contribution is -0.135. The second kappa shape index (κ2) is 3.49. The van der Waals surface area contributed by atoms with Gasteiger partial charge in [0.15, 0.2) is 0 Å². The Bertz CT molecular complexity index is 366. The van der Waals surface area contributed by atoms with Crippen molar-refractivity contribution in [3.8, 4) is 0 Å². The molecule has 1 unspecified atom stereocenters. The monoisotopic (exact) mass is 193 g/mol. The second-order valence-corrected chi connectivity index (χ2v) is 3.10. The Kier molecular flexibility index (Phi) is 2.18. The highest BCUT2D eigenvalue weighted by atomic mass is 16.6. The SMILES string of the molecule is O=C1NC(Cc2ccccc2)C(=O)O1.[HH]. The van der Waals surface area contributed by atoms with Gasteiger partial charge in [0, 0.05) is 7.85 Å². The average Bonchev–Trinajstić information content (AvgIpc) is 2.47. The smallest absolute Gasteiger partial charge is 0.375 e. The van der Waals surface area contributed by atoms with Crippen LogP contribution in [0, 0.1) is 0 Å². The number of rotatable bonds is 2. The van der Waals surface area contributed by atoms with E-state index in [1.807, 2.05) is 30.3 Å². The Morgan fingerprint density at radius 3 is 2.57 bits per heavy atom. The minimum absolute atomic E-state index is 0. The summed E-state index contributed by atoms with van der Waals surface area (Å²) in [6, 6.07) is 8.93. The number of carbonyl (C=O) groups excluding carboxylic acids is 2. The fraction of sp³-hybridized carbons (Fsp3) is 0.200. The van der Waals surface area contributed by atoms with Crippen LogP contribution in [0.3, 0.4) is 0 Å². The topological polar surface area (TPSA) is 55.4 Å². The summed E-state index contributed by atoms with van der Waals surface area (Å²) in [5.41, 5.74) is 0.997. The number of ether oxygens (including phenoxy) is 1. The summed E-state index contributed by atoms with van der Waals surface area (Å²) in [6.07, 6.45) is -0.179. The van der Waals surface area contributed by atoms with Crippen LogP contribution in [0.5, 0.6) is 0 Å². The van der Waals surface area contributed by atoms with Crippen LogP contribution in [0.15, 0.2) is 30.3 Å². The standard InChI is InChI=1S/C10H9NO3.H2/c12-9-8(11-10(13)14-9)6-7-4-2-1-3-5-7;/h1-5,8H,6H2,(H,11,13);1H. The number of hydrogen-bond donors (Lipinski definition) is 1. The van der Waals surface area contributed by atoms with Crippen molar-refractivity contribution in [2.24, 2.45) is 0 Å². The van der Waals surface area contributed by atoms with Crippen molar-refractivity contribution in [2.75, 3.05) is 0 Å². The summed E-state index contributed by atoms with van der Waals surface area (Å²) in [7, 11) is 0. The first-order valence-electron chi connectivity index (χ1n) is 4.32. The molecular formula is C10H11NO3. The number of alkyl carbamates (subject to hydrolysis) is 1. The van der Waals surface area contributed by atoms with Crippen molar-refractivity contribution < 1.29 is 15.8 Å². The highest BCUT2D eigenvalue weighted by molar-refractivity contribution is 5.95. The van der Waals surface area contributed by atoms with E-state index in [2.05, 4.69) is 10.1 Å². The fourth-order valence-corrected chi connectivity index (χ4v) is 1.38. The van der Waals surface area contributed by atoms with Crippen molar-refractivity contribution in [3.63, 3.8) is 0 Å². The van der Waals surface area contributed by atoms with E-state index in [0.29, 0.717) is 6.42 Å². The molecule has 2 rings (SSSR count). The number of esters is 1. The van der Waals surface area contributed by atoms with Gasteiger partial charge in [-0.05, 0) is 5.56 Å².